The van der Waals surface area contributed by atoms with Crippen molar-refractivity contribution < 1.29 is 13.2 Å². The molecule has 144 valence electrons. The molecule has 2 aromatic heterocycles. The summed E-state index contributed by atoms with van der Waals surface area (Å²) in [6, 6.07) is 14.0. The molecule has 1 saturated heterocycles. The fourth-order valence-electron chi connectivity index (χ4n) is 3.50. The number of amides is 1. The molecule has 0 aliphatic carbocycles. The van der Waals surface area contributed by atoms with Gasteiger partial charge in [-0.1, -0.05) is 36.4 Å². The number of benzene rings is 1. The van der Waals surface area contributed by atoms with Crippen LogP contribution in [0.25, 0.3) is 5.65 Å². The van der Waals surface area contributed by atoms with Crippen molar-refractivity contribution in [2.75, 3.05) is 11.5 Å². The van der Waals surface area contributed by atoms with Crippen LogP contribution in [0.4, 0.5) is 0 Å². The van der Waals surface area contributed by atoms with Crippen molar-refractivity contribution in [3.8, 4) is 0 Å². The smallest absolute Gasteiger partial charge is 0.270 e. The van der Waals surface area contributed by atoms with Crippen LogP contribution in [0.5, 0.6) is 0 Å². The molecule has 0 N–H and O–H groups in total. The highest BCUT2D eigenvalue weighted by atomic mass is 32.2. The van der Waals surface area contributed by atoms with E-state index in [0.29, 0.717) is 12.1 Å². The number of rotatable bonds is 4. The van der Waals surface area contributed by atoms with Crippen molar-refractivity contribution >= 4 is 21.4 Å². The molecule has 1 unspecified atom stereocenters. The van der Waals surface area contributed by atoms with Crippen molar-refractivity contribution in [1.82, 2.24) is 14.3 Å². The van der Waals surface area contributed by atoms with Crippen LogP contribution in [0.1, 0.15) is 22.3 Å². The quantitative estimate of drug-likeness (QED) is 0.666. The molecule has 1 aromatic carbocycles. The van der Waals surface area contributed by atoms with E-state index < -0.39 is 27.3 Å². The number of fused-ring (bicyclic) bond motifs is 1. The average molecular weight is 397 g/mol. The number of aromatic nitrogens is 2. The highest BCUT2D eigenvalue weighted by Gasteiger charge is 2.36. The molecule has 3 heterocycles. The molecule has 0 bridgehead atoms. The molecule has 8 heteroatoms. The summed E-state index contributed by atoms with van der Waals surface area (Å²) >= 11 is 0. The topological polar surface area (TPSA) is 88.8 Å². The molecule has 3 aromatic rings. The molecular formula is C20H19N3O4S. The molecule has 1 aliphatic rings. The molecule has 0 saturated carbocycles. The van der Waals surface area contributed by atoms with Gasteiger partial charge in [0, 0.05) is 25.0 Å². The molecular weight excluding hydrogens is 378 g/mol. The molecule has 1 atom stereocenters. The lowest BCUT2D eigenvalue weighted by Crippen LogP contribution is -2.43. The third-order valence-corrected chi connectivity index (χ3v) is 6.70. The Hall–Kier alpha value is -3.00. The first-order valence-electron chi connectivity index (χ1n) is 8.96. The summed E-state index contributed by atoms with van der Waals surface area (Å²) in [6.45, 7) is 0.233. The number of pyridine rings is 1. The van der Waals surface area contributed by atoms with Gasteiger partial charge in [0.15, 0.2) is 9.84 Å². The van der Waals surface area contributed by atoms with Gasteiger partial charge in [0.2, 0.25) is 0 Å². The van der Waals surface area contributed by atoms with Gasteiger partial charge in [0.1, 0.15) is 11.2 Å². The minimum atomic E-state index is -3.19. The maximum Gasteiger partial charge on any atom is 0.270 e. The molecule has 0 spiro atoms. The van der Waals surface area contributed by atoms with Gasteiger partial charge in [-0.05, 0) is 24.1 Å². The van der Waals surface area contributed by atoms with E-state index in [1.807, 2.05) is 30.3 Å². The van der Waals surface area contributed by atoms with E-state index in [1.54, 1.807) is 24.4 Å². The zero-order chi connectivity index (χ0) is 19.7. The number of nitrogens with zero attached hydrogens (tertiary/aromatic N) is 3. The monoisotopic (exact) mass is 397 g/mol. The maximum atomic E-state index is 13.3. The van der Waals surface area contributed by atoms with Gasteiger partial charge in [-0.3, -0.25) is 14.0 Å². The van der Waals surface area contributed by atoms with E-state index in [-0.39, 0.29) is 23.6 Å². The Kier molecular flexibility index (Phi) is 4.72. The Labute approximate surface area is 162 Å². The number of carbonyl (C=O) groups is 1. The first-order valence-corrected chi connectivity index (χ1v) is 10.8. The van der Waals surface area contributed by atoms with E-state index in [1.165, 1.54) is 15.5 Å². The van der Waals surface area contributed by atoms with E-state index in [0.717, 1.165) is 5.56 Å². The van der Waals surface area contributed by atoms with Crippen LogP contribution < -0.4 is 5.56 Å². The zero-order valence-corrected chi connectivity index (χ0v) is 15.9. The number of hydrogen-bond acceptors (Lipinski definition) is 5. The summed E-state index contributed by atoms with van der Waals surface area (Å²) < 4.78 is 25.3. The second kappa shape index (κ2) is 7.20. The van der Waals surface area contributed by atoms with Crippen LogP contribution >= 0.6 is 0 Å². The van der Waals surface area contributed by atoms with Gasteiger partial charge in [0.05, 0.1) is 11.5 Å². The molecule has 28 heavy (non-hydrogen) atoms. The summed E-state index contributed by atoms with van der Waals surface area (Å²) in [5, 5.41) is 0. The Morgan fingerprint density at radius 2 is 1.89 bits per heavy atom. The first-order chi connectivity index (χ1) is 13.4. The third kappa shape index (κ3) is 3.55. The van der Waals surface area contributed by atoms with Gasteiger partial charge < -0.3 is 4.90 Å². The lowest BCUT2D eigenvalue weighted by Gasteiger charge is -2.28. The minimum Gasteiger partial charge on any atom is -0.330 e. The third-order valence-electron chi connectivity index (χ3n) is 4.95. The summed E-state index contributed by atoms with van der Waals surface area (Å²) in [6.07, 6.45) is 3.20. The summed E-state index contributed by atoms with van der Waals surface area (Å²) in [5.41, 5.74) is 0.787. The number of hydrogen-bond donors (Lipinski definition) is 0. The average Bonchev–Trinajstić information content (AvgIpc) is 3.06. The van der Waals surface area contributed by atoms with Crippen LogP contribution in [-0.4, -0.2) is 46.2 Å². The lowest BCUT2D eigenvalue weighted by atomic mass is 10.1. The predicted octanol–water partition coefficient (Wildman–Crippen LogP) is 1.52. The zero-order valence-electron chi connectivity index (χ0n) is 15.1. The van der Waals surface area contributed by atoms with Crippen LogP contribution in [0, 0.1) is 0 Å². The second-order valence-corrected chi connectivity index (χ2v) is 9.11. The fourth-order valence-corrected chi connectivity index (χ4v) is 5.23. The normalized spacial score (nSPS) is 18.2. The van der Waals surface area contributed by atoms with Gasteiger partial charge in [-0.2, -0.15) is 0 Å². The van der Waals surface area contributed by atoms with Gasteiger partial charge in [-0.25, -0.2) is 13.4 Å². The molecule has 4 rings (SSSR count). The largest absolute Gasteiger partial charge is 0.330 e. The van der Waals surface area contributed by atoms with Crippen molar-refractivity contribution in [3.63, 3.8) is 0 Å². The number of sulfone groups is 1. The summed E-state index contributed by atoms with van der Waals surface area (Å²) in [5.74, 6) is -0.541. The van der Waals surface area contributed by atoms with E-state index >= 15 is 0 Å². The van der Waals surface area contributed by atoms with Crippen molar-refractivity contribution in [2.24, 2.45) is 0 Å². The highest BCUT2D eigenvalue weighted by molar-refractivity contribution is 7.91. The highest BCUT2D eigenvalue weighted by Crippen LogP contribution is 2.21. The lowest BCUT2D eigenvalue weighted by molar-refractivity contribution is 0.0678. The second-order valence-electron chi connectivity index (χ2n) is 6.88. The van der Waals surface area contributed by atoms with Crippen LogP contribution in [0.15, 0.2) is 65.7 Å². The fraction of sp³-hybridized carbons (Fsp3) is 0.250. The van der Waals surface area contributed by atoms with Crippen LogP contribution in [0.2, 0.25) is 0 Å². The van der Waals surface area contributed by atoms with Crippen LogP contribution in [-0.2, 0) is 16.4 Å². The minimum absolute atomic E-state index is 0.0468. The predicted molar refractivity (Wildman–Crippen MR) is 105 cm³/mol. The Morgan fingerprint density at radius 3 is 2.61 bits per heavy atom. The first kappa shape index (κ1) is 18.4. The van der Waals surface area contributed by atoms with Crippen molar-refractivity contribution in [2.45, 2.75) is 19.0 Å². The van der Waals surface area contributed by atoms with Gasteiger partial charge in [0.25, 0.3) is 11.5 Å². The standard InChI is InChI=1S/C20H19N3O4S/c24-19-17(12-21-18-8-4-5-10-22(18)19)20(25)23(13-15-6-2-1-3-7-15)16-9-11-28(26,27)14-16/h1-8,10,12,16H,9,11,13-14H2. The molecule has 7 nitrogen and oxygen atoms in total. The SMILES string of the molecule is O=C(c1cnc2ccccn2c1=O)N(Cc1ccccc1)C1CCS(=O)(=O)C1. The van der Waals surface area contributed by atoms with E-state index in [4.69, 9.17) is 0 Å². The molecule has 1 aliphatic heterocycles. The Morgan fingerprint density at radius 1 is 1.14 bits per heavy atom. The Bertz CT molecular complexity index is 1190. The van der Waals surface area contributed by atoms with Gasteiger partial charge >= 0.3 is 0 Å². The summed E-state index contributed by atoms with van der Waals surface area (Å²) in [4.78, 5) is 31.8. The van der Waals surface area contributed by atoms with E-state index in [2.05, 4.69) is 4.98 Å². The summed E-state index contributed by atoms with van der Waals surface area (Å²) in [7, 11) is -3.19. The van der Waals surface area contributed by atoms with Crippen LogP contribution in [0.3, 0.4) is 0 Å². The van der Waals surface area contributed by atoms with Crippen molar-refractivity contribution in [1.29, 1.82) is 0 Å². The molecule has 1 amide bonds. The maximum absolute atomic E-state index is 13.3. The molecule has 1 fully saturated rings. The van der Waals surface area contributed by atoms with Gasteiger partial charge in [-0.15, -0.1) is 0 Å². The Balaban J connectivity index is 1.74. The molecule has 0 radical (unpaired) electrons. The van der Waals surface area contributed by atoms with Crippen molar-refractivity contribution in [3.05, 3.63) is 82.4 Å². The number of carbonyl (C=O) groups excluding carboxylic acids is 1. The van der Waals surface area contributed by atoms with E-state index in [9.17, 15) is 18.0 Å².